The summed E-state index contributed by atoms with van der Waals surface area (Å²) < 4.78 is 5.21. The molecule has 0 bridgehead atoms. The summed E-state index contributed by atoms with van der Waals surface area (Å²) in [5, 5.41) is 0. The van der Waals surface area contributed by atoms with Crippen LogP contribution in [0.5, 0.6) is 0 Å². The minimum absolute atomic E-state index is 1.22. The van der Waals surface area contributed by atoms with Crippen LogP contribution in [0.3, 0.4) is 0 Å². The van der Waals surface area contributed by atoms with Crippen LogP contribution < -0.4 is 0 Å². The first-order valence-electron chi connectivity index (χ1n) is 5.18. The first-order valence-corrected chi connectivity index (χ1v) is 8.87. The van der Waals surface area contributed by atoms with Crippen molar-refractivity contribution in [3.05, 3.63) is 43.0 Å². The van der Waals surface area contributed by atoms with Crippen molar-refractivity contribution >= 4 is 3.21 Å². The van der Waals surface area contributed by atoms with E-state index in [4.69, 9.17) is 0 Å². The molecule has 0 radical (unpaired) electrons. The molecule has 72 valence electrons. The third kappa shape index (κ3) is 2.03. The third-order valence-electron chi connectivity index (χ3n) is 2.68. The van der Waals surface area contributed by atoms with Crippen LogP contribution in [-0.4, -0.2) is 3.21 Å². The van der Waals surface area contributed by atoms with Crippen molar-refractivity contribution in [3.8, 4) is 0 Å². The molecule has 0 unspecified atom stereocenters. The van der Waals surface area contributed by atoms with Crippen LogP contribution >= 0.6 is 0 Å². The summed E-state index contributed by atoms with van der Waals surface area (Å²) in [5.41, 5.74) is 0. The van der Waals surface area contributed by atoms with E-state index < -0.39 is 21.3 Å². The van der Waals surface area contributed by atoms with Crippen molar-refractivity contribution in [2.45, 2.75) is 26.7 Å². The maximum absolute atomic E-state index is 2.36. The zero-order valence-electron chi connectivity index (χ0n) is 8.88. The number of hydrogen-bond donors (Lipinski definition) is 0. The van der Waals surface area contributed by atoms with Crippen LogP contribution in [0, 0.1) is 0 Å². The van der Waals surface area contributed by atoms with Gasteiger partial charge in [0.1, 0.15) is 0 Å². The van der Waals surface area contributed by atoms with Crippen LogP contribution in [0.2, 0.25) is 0 Å². The van der Waals surface area contributed by atoms with Gasteiger partial charge in [0, 0.05) is 0 Å². The average molecular weight is 263 g/mol. The second-order valence-corrected chi connectivity index (χ2v) is 11.5. The fourth-order valence-corrected chi connectivity index (χ4v) is 9.16. The Bertz CT molecular complexity index is 353. The molecule has 2 aliphatic rings. The van der Waals surface area contributed by atoms with E-state index in [1.165, 1.54) is 12.8 Å². The minimum atomic E-state index is -1.51. The van der Waals surface area contributed by atoms with Gasteiger partial charge in [-0.2, -0.15) is 0 Å². The monoisotopic (exact) mass is 262 g/mol. The molecular formula is C13H16Zr. The van der Waals surface area contributed by atoms with E-state index in [1.807, 2.05) is 0 Å². The zero-order valence-corrected chi connectivity index (χ0v) is 11.3. The quantitative estimate of drug-likeness (QED) is 0.715. The van der Waals surface area contributed by atoms with E-state index >= 15 is 0 Å². The summed E-state index contributed by atoms with van der Waals surface area (Å²) in [6.07, 6.45) is 16.2. The second kappa shape index (κ2) is 4.49. The molecule has 0 heterocycles. The van der Waals surface area contributed by atoms with Gasteiger partial charge in [0.25, 0.3) is 0 Å². The molecule has 0 aromatic carbocycles. The summed E-state index contributed by atoms with van der Waals surface area (Å²) in [5.74, 6) is 0. The summed E-state index contributed by atoms with van der Waals surface area (Å²) in [4.78, 5) is 0. The van der Waals surface area contributed by atoms with Crippen LogP contribution in [0.25, 0.3) is 0 Å². The van der Waals surface area contributed by atoms with Crippen molar-refractivity contribution in [1.29, 1.82) is 0 Å². The number of rotatable bonds is 2. The number of hydrogen-bond acceptors (Lipinski definition) is 0. The second-order valence-electron chi connectivity index (χ2n) is 4.02. The Morgan fingerprint density at radius 2 is 1.50 bits per heavy atom. The van der Waals surface area contributed by atoms with Crippen molar-refractivity contribution in [2.75, 3.05) is 0 Å². The van der Waals surface area contributed by atoms with Gasteiger partial charge >= 0.3 is 94.2 Å². The fraction of sp³-hybridized carbons (Fsp3) is 0.308. The fourth-order valence-electron chi connectivity index (χ4n) is 2.11. The topological polar surface area (TPSA) is 0 Å². The molecule has 2 aliphatic carbocycles. The molecule has 0 nitrogen and oxygen atoms in total. The first kappa shape index (κ1) is 10.2. The van der Waals surface area contributed by atoms with Crippen LogP contribution in [0.4, 0.5) is 0 Å². The maximum atomic E-state index is 2.36. The van der Waals surface area contributed by atoms with E-state index in [-0.39, 0.29) is 0 Å². The molecule has 0 spiro atoms. The molecule has 0 saturated heterocycles. The Hall–Kier alpha value is -0.287. The van der Waals surface area contributed by atoms with Gasteiger partial charge in [-0.15, -0.1) is 0 Å². The van der Waals surface area contributed by atoms with Gasteiger partial charge in [-0.1, -0.05) is 0 Å². The van der Waals surface area contributed by atoms with E-state index in [1.54, 1.807) is 9.77 Å². The van der Waals surface area contributed by atoms with Crippen molar-refractivity contribution in [3.63, 3.8) is 0 Å². The molecule has 0 amide bonds. The molecule has 0 aliphatic heterocycles. The van der Waals surface area contributed by atoms with Gasteiger partial charge in [0.15, 0.2) is 0 Å². The van der Waals surface area contributed by atoms with Crippen LogP contribution in [-0.2, 0) is 21.3 Å². The summed E-state index contributed by atoms with van der Waals surface area (Å²) >= 11 is -1.51. The van der Waals surface area contributed by atoms with Gasteiger partial charge in [-0.3, -0.25) is 0 Å². The normalized spacial score (nSPS) is 18.4. The average Bonchev–Trinajstić information content (AvgIpc) is 2.75. The van der Waals surface area contributed by atoms with Gasteiger partial charge in [0.05, 0.1) is 0 Å². The predicted molar refractivity (Wildman–Crippen MR) is 60.0 cm³/mol. The summed E-state index contributed by atoms with van der Waals surface area (Å²) in [7, 11) is 0. The summed E-state index contributed by atoms with van der Waals surface area (Å²) in [6, 6.07) is 0. The predicted octanol–water partition coefficient (Wildman–Crippen LogP) is 3.50. The zero-order chi connectivity index (χ0) is 9.97. The Morgan fingerprint density at radius 3 is 1.79 bits per heavy atom. The number of allylic oxidation sites excluding steroid dienone is 8. The van der Waals surface area contributed by atoms with Gasteiger partial charge in [0.2, 0.25) is 0 Å². The molecule has 0 aromatic heterocycles. The van der Waals surface area contributed by atoms with E-state index in [0.717, 1.165) is 0 Å². The molecule has 0 N–H and O–H groups in total. The molecule has 2 rings (SSSR count). The molecular weight excluding hydrogens is 247 g/mol. The van der Waals surface area contributed by atoms with E-state index in [2.05, 4.69) is 50.3 Å². The van der Waals surface area contributed by atoms with Crippen molar-refractivity contribution < 1.29 is 21.3 Å². The Labute approximate surface area is 93.9 Å². The van der Waals surface area contributed by atoms with Crippen molar-refractivity contribution in [1.82, 2.24) is 0 Å². The third-order valence-corrected chi connectivity index (χ3v) is 10.1. The Kier molecular flexibility index (Phi) is 3.28. The van der Waals surface area contributed by atoms with E-state index in [9.17, 15) is 0 Å². The van der Waals surface area contributed by atoms with Gasteiger partial charge in [-0.25, -0.2) is 0 Å². The Balaban J connectivity index is 2.31. The standard InChI is InChI=1S/2C5H5.C3H6.Zr/c2*1-2-4-5-3-1;1-3-2;/h2*1-3H,4H2;1-2H3;. The van der Waals surface area contributed by atoms with E-state index in [0.29, 0.717) is 0 Å². The van der Waals surface area contributed by atoms with Gasteiger partial charge < -0.3 is 0 Å². The van der Waals surface area contributed by atoms with Crippen LogP contribution in [0.1, 0.15) is 26.7 Å². The Morgan fingerprint density at radius 1 is 1.00 bits per heavy atom. The SMILES string of the molecule is C[C](C)=[Zr]([C]1=CC=CC1)[C]1=CC=CC1. The molecule has 0 saturated carbocycles. The molecule has 14 heavy (non-hydrogen) atoms. The van der Waals surface area contributed by atoms with Gasteiger partial charge in [-0.05, 0) is 0 Å². The van der Waals surface area contributed by atoms with Crippen molar-refractivity contribution in [2.24, 2.45) is 0 Å². The molecule has 1 heteroatoms. The first-order chi connectivity index (χ1) is 6.79. The van der Waals surface area contributed by atoms with Crippen LogP contribution in [0.15, 0.2) is 43.0 Å². The molecule has 0 atom stereocenters. The molecule has 0 aromatic rings. The molecule has 0 fully saturated rings. The summed E-state index contributed by atoms with van der Waals surface area (Å²) in [6.45, 7) is 4.65.